The molecule has 0 aliphatic rings. The normalized spacial score (nSPS) is 12.1. The van der Waals surface area contributed by atoms with Gasteiger partial charge in [0, 0.05) is 5.69 Å². The Kier molecular flexibility index (Phi) is 5.55. The lowest BCUT2D eigenvalue weighted by molar-refractivity contribution is -0.113. The predicted octanol–water partition coefficient (Wildman–Crippen LogP) is 4.57. The molecular formula is C18H19N3O3S. The molecule has 1 aromatic carbocycles. The molecule has 3 aromatic rings. The smallest absolute Gasteiger partial charge is 0.284 e. The summed E-state index contributed by atoms with van der Waals surface area (Å²) < 4.78 is 10.7. The molecule has 0 aliphatic carbocycles. The molecule has 0 saturated heterocycles. The average Bonchev–Trinajstić information content (AvgIpc) is 3.31. The maximum atomic E-state index is 12.2. The van der Waals surface area contributed by atoms with Gasteiger partial charge in [-0.3, -0.25) is 4.79 Å². The zero-order chi connectivity index (χ0) is 17.6. The van der Waals surface area contributed by atoms with E-state index in [1.165, 1.54) is 18.0 Å². The molecule has 1 N–H and O–H groups in total. The number of nitrogens with one attached hydrogen (secondary N) is 1. The van der Waals surface area contributed by atoms with Crippen LogP contribution in [0.5, 0.6) is 0 Å². The molecule has 0 spiro atoms. The molecule has 0 radical (unpaired) electrons. The zero-order valence-electron chi connectivity index (χ0n) is 14.1. The van der Waals surface area contributed by atoms with Gasteiger partial charge in [0.15, 0.2) is 5.76 Å². The fourth-order valence-corrected chi connectivity index (χ4v) is 2.91. The van der Waals surface area contributed by atoms with Gasteiger partial charge in [-0.05, 0) is 36.1 Å². The summed E-state index contributed by atoms with van der Waals surface area (Å²) in [6, 6.07) is 11.4. The van der Waals surface area contributed by atoms with Gasteiger partial charge in [-0.15, -0.1) is 10.2 Å². The number of carbonyl (C=O) groups excluding carboxylic acids is 1. The second-order valence-electron chi connectivity index (χ2n) is 5.58. The summed E-state index contributed by atoms with van der Waals surface area (Å²) in [5.41, 5.74) is 1.99. The minimum Gasteiger partial charge on any atom is -0.459 e. The lowest BCUT2D eigenvalue weighted by Gasteiger charge is -2.15. The summed E-state index contributed by atoms with van der Waals surface area (Å²) in [5.74, 6) is 1.27. The molecule has 7 heteroatoms. The van der Waals surface area contributed by atoms with Crippen molar-refractivity contribution in [2.75, 3.05) is 11.1 Å². The van der Waals surface area contributed by atoms with Crippen molar-refractivity contribution in [1.82, 2.24) is 10.2 Å². The van der Waals surface area contributed by atoms with Crippen LogP contribution in [0.15, 0.2) is 56.7 Å². The molecule has 1 atom stereocenters. The Labute approximate surface area is 150 Å². The third kappa shape index (κ3) is 4.30. The quantitative estimate of drug-likeness (QED) is 0.624. The molecule has 2 aromatic heterocycles. The Morgan fingerprint density at radius 3 is 2.84 bits per heavy atom. The summed E-state index contributed by atoms with van der Waals surface area (Å²) in [5, 5.41) is 11.1. The fourth-order valence-electron chi connectivity index (χ4n) is 2.34. The van der Waals surface area contributed by atoms with Crippen molar-refractivity contribution in [3.63, 3.8) is 0 Å². The van der Waals surface area contributed by atoms with Gasteiger partial charge in [-0.25, -0.2) is 0 Å². The summed E-state index contributed by atoms with van der Waals surface area (Å²) in [6.07, 6.45) is 2.55. The van der Waals surface area contributed by atoms with E-state index in [0.29, 0.717) is 22.8 Å². The number of para-hydroxylation sites is 1. The monoisotopic (exact) mass is 357 g/mol. The second kappa shape index (κ2) is 8.02. The minimum atomic E-state index is -0.112. The molecule has 2 heterocycles. The molecule has 0 fully saturated rings. The van der Waals surface area contributed by atoms with E-state index < -0.39 is 0 Å². The van der Waals surface area contributed by atoms with Crippen LogP contribution in [0.1, 0.15) is 31.7 Å². The van der Waals surface area contributed by atoms with Crippen LogP contribution >= 0.6 is 11.8 Å². The van der Waals surface area contributed by atoms with Gasteiger partial charge in [-0.1, -0.05) is 43.8 Å². The van der Waals surface area contributed by atoms with Crippen LogP contribution in [-0.4, -0.2) is 21.9 Å². The van der Waals surface area contributed by atoms with Crippen molar-refractivity contribution in [3.8, 4) is 11.7 Å². The number of hydrogen-bond donors (Lipinski definition) is 1. The van der Waals surface area contributed by atoms with Crippen molar-refractivity contribution in [1.29, 1.82) is 0 Å². The number of hydrogen-bond acceptors (Lipinski definition) is 6. The van der Waals surface area contributed by atoms with Gasteiger partial charge in [-0.2, -0.15) is 0 Å². The molecule has 0 unspecified atom stereocenters. The highest BCUT2D eigenvalue weighted by molar-refractivity contribution is 7.99. The van der Waals surface area contributed by atoms with Crippen molar-refractivity contribution in [2.45, 2.75) is 31.4 Å². The third-order valence-corrected chi connectivity index (χ3v) is 4.66. The van der Waals surface area contributed by atoms with Gasteiger partial charge < -0.3 is 14.2 Å². The number of carbonyl (C=O) groups is 1. The van der Waals surface area contributed by atoms with Crippen molar-refractivity contribution < 1.29 is 13.6 Å². The maximum absolute atomic E-state index is 12.2. The number of nitrogens with zero attached hydrogens (tertiary/aromatic N) is 2. The van der Waals surface area contributed by atoms with Crippen molar-refractivity contribution in [2.24, 2.45) is 0 Å². The number of anilines is 1. The standard InChI is InChI=1S/C18H19N3O3S/c1-3-12(2)13-7-4-5-8-14(13)19-16(22)11-25-18-21-20-17(24-18)15-9-6-10-23-15/h4-10,12H,3,11H2,1-2H3,(H,19,22)/t12-/m0/s1. The van der Waals surface area contributed by atoms with E-state index in [4.69, 9.17) is 8.83 Å². The van der Waals surface area contributed by atoms with E-state index in [0.717, 1.165) is 17.7 Å². The summed E-state index contributed by atoms with van der Waals surface area (Å²) >= 11 is 1.19. The number of benzene rings is 1. The molecule has 0 saturated carbocycles. The predicted molar refractivity (Wildman–Crippen MR) is 96.5 cm³/mol. The summed E-state index contributed by atoms with van der Waals surface area (Å²) in [4.78, 5) is 12.2. The van der Waals surface area contributed by atoms with Crippen LogP contribution in [0.3, 0.4) is 0 Å². The average molecular weight is 357 g/mol. The Hall–Kier alpha value is -2.54. The molecule has 6 nitrogen and oxygen atoms in total. The Morgan fingerprint density at radius 1 is 1.24 bits per heavy atom. The minimum absolute atomic E-state index is 0.112. The van der Waals surface area contributed by atoms with Crippen LogP contribution < -0.4 is 5.32 Å². The molecule has 0 bridgehead atoms. The topological polar surface area (TPSA) is 81.2 Å². The first-order chi connectivity index (χ1) is 12.2. The Balaban J connectivity index is 1.59. The number of furan rings is 1. The van der Waals surface area contributed by atoms with E-state index in [-0.39, 0.29) is 11.7 Å². The number of rotatable bonds is 7. The number of thioether (sulfide) groups is 1. The summed E-state index contributed by atoms with van der Waals surface area (Å²) in [6.45, 7) is 4.28. The number of aromatic nitrogens is 2. The van der Waals surface area contributed by atoms with E-state index in [2.05, 4.69) is 29.4 Å². The highest BCUT2D eigenvalue weighted by Crippen LogP contribution is 2.27. The first-order valence-electron chi connectivity index (χ1n) is 8.06. The zero-order valence-corrected chi connectivity index (χ0v) is 14.9. The third-order valence-electron chi connectivity index (χ3n) is 3.84. The SMILES string of the molecule is CC[C@H](C)c1ccccc1NC(=O)CSc1nnc(-c2ccco2)o1. The maximum Gasteiger partial charge on any atom is 0.284 e. The van der Waals surface area contributed by atoms with Gasteiger partial charge in [0.2, 0.25) is 5.91 Å². The lowest BCUT2D eigenvalue weighted by Crippen LogP contribution is -2.15. The van der Waals surface area contributed by atoms with E-state index in [1.54, 1.807) is 12.1 Å². The van der Waals surface area contributed by atoms with Crippen molar-refractivity contribution >= 4 is 23.4 Å². The molecular weight excluding hydrogens is 338 g/mol. The van der Waals surface area contributed by atoms with Gasteiger partial charge in [0.1, 0.15) is 0 Å². The highest BCUT2D eigenvalue weighted by Gasteiger charge is 2.14. The molecule has 0 aliphatic heterocycles. The number of amides is 1. The van der Waals surface area contributed by atoms with Crippen molar-refractivity contribution in [3.05, 3.63) is 48.2 Å². The van der Waals surface area contributed by atoms with Gasteiger partial charge >= 0.3 is 0 Å². The molecule has 1 amide bonds. The molecule has 25 heavy (non-hydrogen) atoms. The Morgan fingerprint density at radius 2 is 2.08 bits per heavy atom. The first kappa shape index (κ1) is 17.3. The first-order valence-corrected chi connectivity index (χ1v) is 9.05. The largest absolute Gasteiger partial charge is 0.459 e. The molecule has 130 valence electrons. The highest BCUT2D eigenvalue weighted by atomic mass is 32.2. The second-order valence-corrected chi connectivity index (χ2v) is 6.51. The summed E-state index contributed by atoms with van der Waals surface area (Å²) in [7, 11) is 0. The van der Waals surface area contributed by atoms with E-state index in [9.17, 15) is 4.79 Å². The van der Waals surface area contributed by atoms with Gasteiger partial charge in [0.05, 0.1) is 12.0 Å². The van der Waals surface area contributed by atoms with E-state index >= 15 is 0 Å². The fraction of sp³-hybridized carbons (Fsp3) is 0.278. The van der Waals surface area contributed by atoms with Crippen LogP contribution in [0.2, 0.25) is 0 Å². The van der Waals surface area contributed by atoms with Crippen LogP contribution in [0.4, 0.5) is 5.69 Å². The Bertz CT molecular complexity index is 830. The van der Waals surface area contributed by atoms with Gasteiger partial charge in [0.25, 0.3) is 11.1 Å². The molecule has 3 rings (SSSR count). The van der Waals surface area contributed by atoms with Crippen LogP contribution in [0, 0.1) is 0 Å². The van der Waals surface area contributed by atoms with Crippen LogP contribution in [0.25, 0.3) is 11.7 Å². The van der Waals surface area contributed by atoms with E-state index in [1.807, 2.05) is 24.3 Å². The van der Waals surface area contributed by atoms with Crippen LogP contribution in [-0.2, 0) is 4.79 Å². The lowest BCUT2D eigenvalue weighted by atomic mass is 9.97.